The number of rotatable bonds is 3. The predicted octanol–water partition coefficient (Wildman–Crippen LogP) is 2.66. The Kier molecular flexibility index (Phi) is 3.74. The molecule has 3 rings (SSSR count). The van der Waals surface area contributed by atoms with Crippen LogP contribution in [0.15, 0.2) is 37.1 Å². The number of amides is 1. The number of aromatic nitrogens is 2. The highest BCUT2D eigenvalue weighted by Crippen LogP contribution is 2.34. The zero-order chi connectivity index (χ0) is 15.7. The summed E-state index contributed by atoms with van der Waals surface area (Å²) in [6, 6.07) is 6.00. The van der Waals surface area contributed by atoms with E-state index in [9.17, 15) is 4.79 Å². The van der Waals surface area contributed by atoms with E-state index in [0.29, 0.717) is 13.2 Å². The third kappa shape index (κ3) is 2.41. The first-order chi connectivity index (χ1) is 10.5. The van der Waals surface area contributed by atoms with Crippen molar-refractivity contribution < 1.29 is 9.53 Å². The zero-order valence-electron chi connectivity index (χ0n) is 13.1. The topological polar surface area (TPSA) is 47.4 Å². The van der Waals surface area contributed by atoms with Crippen molar-refractivity contribution in [2.75, 3.05) is 18.1 Å². The van der Waals surface area contributed by atoms with Gasteiger partial charge >= 0.3 is 0 Å². The lowest BCUT2D eigenvalue weighted by Crippen LogP contribution is -2.52. The van der Waals surface area contributed by atoms with Gasteiger partial charge in [0, 0.05) is 36.9 Å². The molecule has 5 nitrogen and oxygen atoms in total. The highest BCUT2D eigenvalue weighted by molar-refractivity contribution is 6.03. The summed E-state index contributed by atoms with van der Waals surface area (Å²) in [7, 11) is 1.91. The standard InChI is InChI=1S/C17H21N3O2/c1-4-16(21)20(17(2)7-9-22-10-8-17)14-5-6-15-13(11-14)12-18-19(15)3/h4-6,11-12H,1,7-10H2,2-3H3. The molecule has 1 aromatic carbocycles. The fraction of sp³-hybridized carbons (Fsp3) is 0.412. The number of hydrogen-bond acceptors (Lipinski definition) is 3. The van der Waals surface area contributed by atoms with E-state index in [-0.39, 0.29) is 11.4 Å². The minimum atomic E-state index is -0.251. The summed E-state index contributed by atoms with van der Waals surface area (Å²) in [6.45, 7) is 7.12. The van der Waals surface area contributed by atoms with Gasteiger partial charge in [0.1, 0.15) is 0 Å². The van der Waals surface area contributed by atoms with Crippen LogP contribution in [0.4, 0.5) is 5.69 Å². The molecule has 0 spiro atoms. The average Bonchev–Trinajstić information content (AvgIpc) is 2.89. The summed E-state index contributed by atoms with van der Waals surface area (Å²) in [5.41, 5.74) is 1.68. The van der Waals surface area contributed by atoms with Gasteiger partial charge in [-0.2, -0.15) is 5.10 Å². The van der Waals surface area contributed by atoms with Crippen LogP contribution in [-0.4, -0.2) is 34.4 Å². The number of anilines is 1. The summed E-state index contributed by atoms with van der Waals surface area (Å²) < 4.78 is 7.29. The van der Waals surface area contributed by atoms with Crippen molar-refractivity contribution in [2.24, 2.45) is 7.05 Å². The van der Waals surface area contributed by atoms with E-state index >= 15 is 0 Å². The minimum absolute atomic E-state index is 0.0763. The van der Waals surface area contributed by atoms with Crippen LogP contribution < -0.4 is 4.90 Å². The summed E-state index contributed by atoms with van der Waals surface area (Å²) in [4.78, 5) is 14.4. The van der Waals surface area contributed by atoms with Crippen molar-refractivity contribution in [1.29, 1.82) is 0 Å². The number of carbonyl (C=O) groups excluding carboxylic acids is 1. The summed E-state index contributed by atoms with van der Waals surface area (Å²) in [6.07, 6.45) is 4.84. The van der Waals surface area contributed by atoms with E-state index in [0.717, 1.165) is 29.4 Å². The summed E-state index contributed by atoms with van der Waals surface area (Å²) >= 11 is 0. The highest BCUT2D eigenvalue weighted by atomic mass is 16.5. The molecule has 2 heterocycles. The normalized spacial score (nSPS) is 17.4. The lowest BCUT2D eigenvalue weighted by atomic mass is 9.89. The maximum absolute atomic E-state index is 12.5. The van der Waals surface area contributed by atoms with E-state index in [2.05, 4.69) is 18.6 Å². The molecule has 1 saturated heterocycles. The lowest BCUT2D eigenvalue weighted by molar-refractivity contribution is -0.116. The Morgan fingerprint density at radius 1 is 1.45 bits per heavy atom. The summed E-state index contributed by atoms with van der Waals surface area (Å²) in [5.74, 6) is -0.0763. The molecule has 2 aromatic rings. The molecule has 1 fully saturated rings. The smallest absolute Gasteiger partial charge is 0.250 e. The van der Waals surface area contributed by atoms with Crippen molar-refractivity contribution in [2.45, 2.75) is 25.3 Å². The molecule has 0 unspecified atom stereocenters. The average molecular weight is 299 g/mol. The van der Waals surface area contributed by atoms with Crippen LogP contribution in [0, 0.1) is 0 Å². The van der Waals surface area contributed by atoms with Crippen molar-refractivity contribution >= 4 is 22.5 Å². The van der Waals surface area contributed by atoms with Gasteiger partial charge in [0.15, 0.2) is 0 Å². The van der Waals surface area contributed by atoms with Crippen molar-refractivity contribution in [3.63, 3.8) is 0 Å². The number of aryl methyl sites for hydroxylation is 1. The second-order valence-corrected chi connectivity index (χ2v) is 6.00. The first-order valence-corrected chi connectivity index (χ1v) is 7.51. The molecular weight excluding hydrogens is 278 g/mol. The van der Waals surface area contributed by atoms with Gasteiger partial charge in [-0.05, 0) is 44.0 Å². The first-order valence-electron chi connectivity index (χ1n) is 7.51. The second kappa shape index (κ2) is 5.57. The quantitative estimate of drug-likeness (QED) is 0.819. The molecule has 0 saturated carbocycles. The number of hydrogen-bond donors (Lipinski definition) is 0. The van der Waals surface area contributed by atoms with Crippen LogP contribution in [-0.2, 0) is 16.6 Å². The van der Waals surface area contributed by atoms with Crippen molar-refractivity contribution in [1.82, 2.24) is 9.78 Å². The molecule has 1 aromatic heterocycles. The molecule has 0 N–H and O–H groups in total. The van der Waals surface area contributed by atoms with E-state index in [1.807, 2.05) is 41.0 Å². The van der Waals surface area contributed by atoms with E-state index < -0.39 is 0 Å². The maximum atomic E-state index is 12.5. The van der Waals surface area contributed by atoms with Gasteiger partial charge in [0.25, 0.3) is 5.91 Å². The number of fused-ring (bicyclic) bond motifs is 1. The Morgan fingerprint density at radius 2 is 2.18 bits per heavy atom. The Hall–Kier alpha value is -2.14. The molecule has 5 heteroatoms. The van der Waals surface area contributed by atoms with Crippen LogP contribution in [0.3, 0.4) is 0 Å². The SMILES string of the molecule is C=CC(=O)N(c1ccc2c(cnn2C)c1)C1(C)CCOCC1. The monoisotopic (exact) mass is 299 g/mol. The summed E-state index contributed by atoms with van der Waals surface area (Å²) in [5, 5.41) is 5.29. The molecule has 1 aliphatic heterocycles. The molecule has 0 bridgehead atoms. The predicted molar refractivity (Wildman–Crippen MR) is 86.9 cm³/mol. The minimum Gasteiger partial charge on any atom is -0.381 e. The van der Waals surface area contributed by atoms with Gasteiger partial charge in [-0.25, -0.2) is 0 Å². The Morgan fingerprint density at radius 3 is 2.86 bits per heavy atom. The molecule has 22 heavy (non-hydrogen) atoms. The van der Waals surface area contributed by atoms with Crippen molar-refractivity contribution in [3.05, 3.63) is 37.1 Å². The molecule has 1 aliphatic rings. The van der Waals surface area contributed by atoms with Gasteiger partial charge < -0.3 is 9.64 Å². The molecule has 0 radical (unpaired) electrons. The number of ether oxygens (including phenoxy) is 1. The Balaban J connectivity index is 2.07. The third-order valence-electron chi connectivity index (χ3n) is 4.49. The van der Waals surface area contributed by atoms with Crippen LogP contribution in [0.1, 0.15) is 19.8 Å². The van der Waals surface area contributed by atoms with Gasteiger partial charge in [0.2, 0.25) is 0 Å². The zero-order valence-corrected chi connectivity index (χ0v) is 13.1. The first kappa shape index (κ1) is 14.8. The van der Waals surface area contributed by atoms with Gasteiger partial charge in [-0.1, -0.05) is 6.58 Å². The van der Waals surface area contributed by atoms with E-state index in [1.165, 1.54) is 6.08 Å². The lowest BCUT2D eigenvalue weighted by Gasteiger charge is -2.43. The molecular formula is C17H21N3O2. The second-order valence-electron chi connectivity index (χ2n) is 6.00. The van der Waals surface area contributed by atoms with Crippen LogP contribution in [0.25, 0.3) is 10.9 Å². The fourth-order valence-electron chi connectivity index (χ4n) is 3.12. The molecule has 0 aliphatic carbocycles. The highest BCUT2D eigenvalue weighted by Gasteiger charge is 2.37. The van der Waals surface area contributed by atoms with Crippen LogP contribution in [0.5, 0.6) is 0 Å². The molecule has 1 amide bonds. The number of carbonyl (C=O) groups is 1. The van der Waals surface area contributed by atoms with E-state index in [4.69, 9.17) is 4.74 Å². The van der Waals surface area contributed by atoms with Crippen LogP contribution in [0.2, 0.25) is 0 Å². The van der Waals surface area contributed by atoms with Crippen LogP contribution >= 0.6 is 0 Å². The van der Waals surface area contributed by atoms with E-state index in [1.54, 1.807) is 0 Å². The van der Waals surface area contributed by atoms with Gasteiger partial charge in [-0.3, -0.25) is 9.48 Å². The molecule has 0 atom stereocenters. The Labute approximate surface area is 130 Å². The third-order valence-corrected chi connectivity index (χ3v) is 4.49. The van der Waals surface area contributed by atoms with Gasteiger partial charge in [-0.15, -0.1) is 0 Å². The van der Waals surface area contributed by atoms with Crippen molar-refractivity contribution in [3.8, 4) is 0 Å². The maximum Gasteiger partial charge on any atom is 0.250 e. The number of benzene rings is 1. The Bertz CT molecular complexity index is 714. The largest absolute Gasteiger partial charge is 0.381 e. The molecule has 116 valence electrons. The number of nitrogens with zero attached hydrogens (tertiary/aromatic N) is 3. The van der Waals surface area contributed by atoms with Gasteiger partial charge in [0.05, 0.1) is 11.7 Å². The fourth-order valence-corrected chi connectivity index (χ4v) is 3.12.